The number of carbonyl (C=O) groups is 1. The maximum Gasteiger partial charge on any atom is 0.335 e. The molecule has 2 heterocycles. The molecule has 1 aromatic rings. The molecule has 1 unspecified atom stereocenters. The molecule has 2 aliphatic heterocycles. The Labute approximate surface area is 168 Å². The molecular formula is C21H30ClN3O2. The summed E-state index contributed by atoms with van der Waals surface area (Å²) in [5, 5.41) is 9.64. The van der Waals surface area contributed by atoms with Crippen molar-refractivity contribution in [1.82, 2.24) is 14.7 Å². The van der Waals surface area contributed by atoms with Crippen molar-refractivity contribution in [3.8, 4) is 0 Å². The van der Waals surface area contributed by atoms with Crippen LogP contribution >= 0.6 is 12.4 Å². The van der Waals surface area contributed by atoms with E-state index in [4.69, 9.17) is 0 Å². The number of piperazine rings is 1. The number of carboxylic acid groups (broad SMARTS) is 1. The van der Waals surface area contributed by atoms with Crippen LogP contribution in [0.3, 0.4) is 0 Å². The van der Waals surface area contributed by atoms with E-state index < -0.39 is 5.97 Å². The third-order valence-electron chi connectivity index (χ3n) is 5.25. The Morgan fingerprint density at radius 2 is 1.81 bits per heavy atom. The highest BCUT2D eigenvalue weighted by Crippen LogP contribution is 2.24. The second kappa shape index (κ2) is 9.93. The Hall–Kier alpha value is -1.82. The van der Waals surface area contributed by atoms with Crippen LogP contribution in [0.25, 0.3) is 0 Å². The molecule has 0 saturated carbocycles. The lowest BCUT2D eigenvalue weighted by molar-refractivity contribution is -0.134. The van der Waals surface area contributed by atoms with Gasteiger partial charge in [-0.25, -0.2) is 4.79 Å². The zero-order chi connectivity index (χ0) is 18.5. The average Bonchev–Trinajstić information content (AvgIpc) is 2.67. The normalized spacial score (nSPS) is 21.1. The third kappa shape index (κ3) is 5.34. The molecule has 6 heteroatoms. The molecule has 0 spiro atoms. The van der Waals surface area contributed by atoms with Crippen LogP contribution in [0.2, 0.25) is 0 Å². The van der Waals surface area contributed by atoms with Crippen LogP contribution in [0.5, 0.6) is 0 Å². The number of rotatable bonds is 6. The van der Waals surface area contributed by atoms with Gasteiger partial charge in [-0.15, -0.1) is 12.4 Å². The van der Waals surface area contributed by atoms with Gasteiger partial charge >= 0.3 is 5.97 Å². The van der Waals surface area contributed by atoms with Gasteiger partial charge < -0.3 is 14.9 Å². The van der Waals surface area contributed by atoms with Gasteiger partial charge in [-0.2, -0.15) is 0 Å². The smallest absolute Gasteiger partial charge is 0.335 e. The van der Waals surface area contributed by atoms with Gasteiger partial charge in [0, 0.05) is 45.0 Å². The second-order valence-electron chi connectivity index (χ2n) is 7.30. The molecule has 0 aliphatic carbocycles. The number of carboxylic acids is 1. The van der Waals surface area contributed by atoms with Crippen LogP contribution in [0.4, 0.5) is 0 Å². The van der Waals surface area contributed by atoms with Gasteiger partial charge in [0.1, 0.15) is 6.17 Å². The zero-order valence-corrected chi connectivity index (χ0v) is 16.9. The van der Waals surface area contributed by atoms with Crippen molar-refractivity contribution in [3.63, 3.8) is 0 Å². The molecule has 27 heavy (non-hydrogen) atoms. The Morgan fingerprint density at radius 3 is 2.41 bits per heavy atom. The van der Waals surface area contributed by atoms with E-state index in [1.807, 2.05) is 12.3 Å². The van der Waals surface area contributed by atoms with Gasteiger partial charge in [-0.3, -0.25) is 4.90 Å². The molecular weight excluding hydrogens is 362 g/mol. The minimum absolute atomic E-state index is 0. The molecule has 1 aromatic carbocycles. The van der Waals surface area contributed by atoms with Gasteiger partial charge in [0.2, 0.25) is 0 Å². The van der Waals surface area contributed by atoms with Crippen LogP contribution in [0, 0.1) is 0 Å². The van der Waals surface area contributed by atoms with E-state index in [-0.39, 0.29) is 24.6 Å². The van der Waals surface area contributed by atoms with E-state index >= 15 is 0 Å². The second-order valence-corrected chi connectivity index (χ2v) is 7.30. The Balaban J connectivity index is 0.00000261. The largest absolute Gasteiger partial charge is 0.478 e. The van der Waals surface area contributed by atoms with E-state index in [0.29, 0.717) is 5.57 Å². The summed E-state index contributed by atoms with van der Waals surface area (Å²) >= 11 is 0. The standard InChI is InChI=1S/C21H29N3O2.ClH/c1-17(2)24-11-6-9-19(21(25)26)20(24)23-15-13-22(14-16-23)12-10-18-7-4-3-5-8-18;/h3-9,11,17,20H,10,12-16H2,1-2H3,(H,25,26);1H. The molecule has 0 amide bonds. The van der Waals surface area contributed by atoms with E-state index in [1.165, 1.54) is 5.56 Å². The molecule has 0 radical (unpaired) electrons. The molecule has 3 rings (SSSR count). The van der Waals surface area contributed by atoms with E-state index in [9.17, 15) is 9.90 Å². The first kappa shape index (κ1) is 21.5. The van der Waals surface area contributed by atoms with Crippen LogP contribution in [0.1, 0.15) is 19.4 Å². The van der Waals surface area contributed by atoms with Crippen molar-refractivity contribution in [2.45, 2.75) is 32.5 Å². The highest BCUT2D eigenvalue weighted by molar-refractivity contribution is 5.88. The molecule has 1 saturated heterocycles. The minimum atomic E-state index is -0.823. The van der Waals surface area contributed by atoms with Crippen LogP contribution in [-0.2, 0) is 11.2 Å². The lowest BCUT2D eigenvalue weighted by atomic mass is 10.0. The fourth-order valence-electron chi connectivity index (χ4n) is 3.76. The maximum absolute atomic E-state index is 11.7. The van der Waals surface area contributed by atoms with E-state index in [0.717, 1.165) is 39.1 Å². The van der Waals surface area contributed by atoms with Crippen molar-refractivity contribution in [1.29, 1.82) is 0 Å². The Morgan fingerprint density at radius 1 is 1.15 bits per heavy atom. The SMILES string of the molecule is CC(C)N1C=CC=C(C(=O)O)C1N1CCN(CCc2ccccc2)CC1.Cl. The predicted molar refractivity (Wildman–Crippen MR) is 111 cm³/mol. The Kier molecular flexibility index (Phi) is 7.90. The molecule has 5 nitrogen and oxygen atoms in total. The first-order chi connectivity index (χ1) is 12.6. The summed E-state index contributed by atoms with van der Waals surface area (Å²) in [4.78, 5) is 18.7. The molecule has 0 bridgehead atoms. The van der Waals surface area contributed by atoms with Gasteiger partial charge in [0.15, 0.2) is 0 Å². The first-order valence-electron chi connectivity index (χ1n) is 9.45. The van der Waals surface area contributed by atoms with Crippen molar-refractivity contribution < 1.29 is 9.90 Å². The van der Waals surface area contributed by atoms with Gasteiger partial charge in [-0.1, -0.05) is 30.3 Å². The summed E-state index contributed by atoms with van der Waals surface area (Å²) in [6.07, 6.45) is 6.49. The minimum Gasteiger partial charge on any atom is -0.478 e. The van der Waals surface area contributed by atoms with Gasteiger partial charge in [0.05, 0.1) is 5.57 Å². The molecule has 1 N–H and O–H groups in total. The van der Waals surface area contributed by atoms with Gasteiger partial charge in [0.25, 0.3) is 0 Å². The van der Waals surface area contributed by atoms with E-state index in [1.54, 1.807) is 6.08 Å². The number of nitrogens with zero attached hydrogens (tertiary/aromatic N) is 3. The molecule has 1 fully saturated rings. The predicted octanol–water partition coefficient (Wildman–Crippen LogP) is 2.84. The lowest BCUT2D eigenvalue weighted by Gasteiger charge is -2.46. The van der Waals surface area contributed by atoms with Crippen LogP contribution < -0.4 is 0 Å². The fourth-order valence-corrected chi connectivity index (χ4v) is 3.76. The summed E-state index contributed by atoms with van der Waals surface area (Å²) in [6, 6.07) is 10.8. The number of halogens is 1. The number of allylic oxidation sites excluding steroid dienone is 2. The molecule has 1 atom stereocenters. The van der Waals surface area contributed by atoms with E-state index in [2.05, 4.69) is 58.9 Å². The first-order valence-corrected chi connectivity index (χ1v) is 9.45. The summed E-state index contributed by atoms with van der Waals surface area (Å²) in [7, 11) is 0. The van der Waals surface area contributed by atoms with Crippen molar-refractivity contribution in [2.24, 2.45) is 0 Å². The van der Waals surface area contributed by atoms with Crippen molar-refractivity contribution >= 4 is 18.4 Å². The average molecular weight is 392 g/mol. The maximum atomic E-state index is 11.7. The number of hydrogen-bond donors (Lipinski definition) is 1. The number of benzene rings is 1. The molecule has 148 valence electrons. The third-order valence-corrected chi connectivity index (χ3v) is 5.25. The van der Waals surface area contributed by atoms with Crippen LogP contribution in [-0.4, -0.2) is 70.7 Å². The monoisotopic (exact) mass is 391 g/mol. The van der Waals surface area contributed by atoms with Crippen molar-refractivity contribution in [2.75, 3.05) is 32.7 Å². The highest BCUT2D eigenvalue weighted by Gasteiger charge is 2.35. The zero-order valence-electron chi connectivity index (χ0n) is 16.1. The lowest BCUT2D eigenvalue weighted by Crippen LogP contribution is -2.58. The van der Waals surface area contributed by atoms with Gasteiger partial charge in [-0.05, 0) is 38.0 Å². The summed E-state index contributed by atoms with van der Waals surface area (Å²) in [5.41, 5.74) is 1.84. The summed E-state index contributed by atoms with van der Waals surface area (Å²) < 4.78 is 0. The number of hydrogen-bond acceptors (Lipinski definition) is 4. The molecule has 2 aliphatic rings. The highest BCUT2D eigenvalue weighted by atomic mass is 35.5. The Bertz CT molecular complexity index is 667. The summed E-state index contributed by atoms with van der Waals surface area (Å²) in [6.45, 7) is 9.01. The van der Waals surface area contributed by atoms with Crippen molar-refractivity contribution in [3.05, 3.63) is 59.8 Å². The topological polar surface area (TPSA) is 47.0 Å². The van der Waals surface area contributed by atoms with Crippen LogP contribution in [0.15, 0.2) is 54.3 Å². The quantitative estimate of drug-likeness (QED) is 0.808. The number of aliphatic carboxylic acids is 1. The summed E-state index contributed by atoms with van der Waals surface area (Å²) in [5.74, 6) is -0.823. The molecule has 0 aromatic heterocycles. The fraction of sp³-hybridized carbons (Fsp3) is 0.476.